The first-order valence-electron chi connectivity index (χ1n) is 6.99. The van der Waals surface area contributed by atoms with Gasteiger partial charge in [-0.25, -0.2) is 0 Å². The molecule has 0 amide bonds. The maximum absolute atomic E-state index is 5.66. The number of hydrogen-bond donors (Lipinski definition) is 2. The van der Waals surface area contributed by atoms with E-state index in [1.54, 1.807) is 0 Å². The predicted octanol–water partition coefficient (Wildman–Crippen LogP) is 3.22. The molecule has 0 fully saturated rings. The van der Waals surface area contributed by atoms with Gasteiger partial charge < -0.3 is 11.1 Å². The smallest absolute Gasteiger partial charge is 0.139 e. The molecule has 0 aliphatic carbocycles. The van der Waals surface area contributed by atoms with E-state index in [9.17, 15) is 0 Å². The quantitative estimate of drug-likeness (QED) is 0.822. The van der Waals surface area contributed by atoms with Crippen LogP contribution in [-0.2, 0) is 0 Å². The van der Waals surface area contributed by atoms with Crippen LogP contribution in [0.15, 0.2) is 36.4 Å². The van der Waals surface area contributed by atoms with Gasteiger partial charge in [0, 0.05) is 12.6 Å². The Labute approximate surface area is 124 Å². The second kappa shape index (κ2) is 7.26. The number of nitrogens with zero attached hydrogens (tertiary/aromatic N) is 2. The second-order valence-corrected chi connectivity index (χ2v) is 5.45. The molecule has 1 atom stereocenters. The number of hydrogen-bond acceptors (Lipinski definition) is 5. The third-order valence-electron chi connectivity index (χ3n) is 3.44. The van der Waals surface area contributed by atoms with Crippen LogP contribution in [0, 0.1) is 0 Å². The van der Waals surface area contributed by atoms with Crippen molar-refractivity contribution in [3.8, 4) is 0 Å². The zero-order chi connectivity index (χ0) is 14.4. The summed E-state index contributed by atoms with van der Waals surface area (Å²) in [5, 5.41) is 4.47. The van der Waals surface area contributed by atoms with E-state index in [0.29, 0.717) is 11.9 Å². The molecular weight excluding hydrogens is 268 g/mol. The molecule has 5 heteroatoms. The third kappa shape index (κ3) is 3.71. The summed E-state index contributed by atoms with van der Waals surface area (Å²) in [5.41, 5.74) is 6.99. The summed E-state index contributed by atoms with van der Waals surface area (Å²) in [6.07, 6.45) is 0. The number of anilines is 2. The fourth-order valence-electron chi connectivity index (χ4n) is 2.37. The van der Waals surface area contributed by atoms with Crippen LogP contribution in [0.2, 0.25) is 0 Å². The van der Waals surface area contributed by atoms with Gasteiger partial charge in [0.15, 0.2) is 0 Å². The summed E-state index contributed by atoms with van der Waals surface area (Å²) in [4.78, 5) is 2.45. The second-order valence-electron chi connectivity index (χ2n) is 4.64. The van der Waals surface area contributed by atoms with Crippen molar-refractivity contribution in [2.24, 2.45) is 0 Å². The molecule has 4 nitrogen and oxygen atoms in total. The molecule has 0 aliphatic rings. The van der Waals surface area contributed by atoms with E-state index >= 15 is 0 Å². The fourth-order valence-corrected chi connectivity index (χ4v) is 2.94. The number of nitrogens with one attached hydrogen (secondary N) is 1. The van der Waals surface area contributed by atoms with Crippen molar-refractivity contribution in [2.45, 2.75) is 19.9 Å². The lowest BCUT2D eigenvalue weighted by Crippen LogP contribution is -2.33. The van der Waals surface area contributed by atoms with Crippen molar-refractivity contribution < 1.29 is 0 Å². The Balaban J connectivity index is 2.10. The van der Waals surface area contributed by atoms with Crippen molar-refractivity contribution in [1.82, 2.24) is 9.27 Å². The molecule has 0 saturated carbocycles. The predicted molar refractivity (Wildman–Crippen MR) is 87.1 cm³/mol. The number of nitrogen functional groups attached to an aromatic ring is 1. The molecule has 108 valence electrons. The summed E-state index contributed by atoms with van der Waals surface area (Å²) in [5.74, 6) is 0.580. The molecule has 0 spiro atoms. The van der Waals surface area contributed by atoms with E-state index in [2.05, 4.69) is 58.8 Å². The zero-order valence-corrected chi connectivity index (χ0v) is 12.9. The van der Waals surface area contributed by atoms with Gasteiger partial charge in [-0.05, 0) is 30.2 Å². The fraction of sp³-hybridized carbons (Fsp3) is 0.400. The van der Waals surface area contributed by atoms with Crippen LogP contribution in [0.4, 0.5) is 10.8 Å². The highest BCUT2D eigenvalue weighted by molar-refractivity contribution is 7.10. The molecule has 0 radical (unpaired) electrons. The number of benzene rings is 1. The molecule has 1 heterocycles. The standard InChI is InChI=1S/C15H22N4S/c1-3-19(4-2)13(12-8-6-5-7-9-12)11-17-15-10-14(16)18-20-15/h5-10,13,17H,3-4,11H2,1-2H3,(H2,16,18). The lowest BCUT2D eigenvalue weighted by molar-refractivity contribution is 0.228. The van der Waals surface area contributed by atoms with Crippen LogP contribution in [0.5, 0.6) is 0 Å². The van der Waals surface area contributed by atoms with E-state index in [-0.39, 0.29) is 0 Å². The number of aromatic nitrogens is 1. The lowest BCUT2D eigenvalue weighted by Gasteiger charge is -2.30. The van der Waals surface area contributed by atoms with Crippen molar-refractivity contribution >= 4 is 22.4 Å². The van der Waals surface area contributed by atoms with Gasteiger partial charge in [0.1, 0.15) is 10.8 Å². The molecule has 1 unspecified atom stereocenters. The van der Waals surface area contributed by atoms with Crippen LogP contribution in [0.25, 0.3) is 0 Å². The molecule has 0 aliphatic heterocycles. The number of likely N-dealkylation sites (N-methyl/N-ethyl adjacent to an activating group) is 1. The highest BCUT2D eigenvalue weighted by Crippen LogP contribution is 2.23. The topological polar surface area (TPSA) is 54.2 Å². The molecule has 2 aromatic rings. The maximum atomic E-state index is 5.66. The van der Waals surface area contributed by atoms with Gasteiger partial charge in [0.2, 0.25) is 0 Å². The van der Waals surface area contributed by atoms with Crippen LogP contribution >= 0.6 is 11.5 Å². The highest BCUT2D eigenvalue weighted by Gasteiger charge is 2.17. The van der Waals surface area contributed by atoms with Crippen molar-refractivity contribution in [1.29, 1.82) is 0 Å². The van der Waals surface area contributed by atoms with E-state index in [4.69, 9.17) is 5.73 Å². The molecule has 2 rings (SSSR count). The van der Waals surface area contributed by atoms with Crippen LogP contribution in [0.3, 0.4) is 0 Å². The lowest BCUT2D eigenvalue weighted by atomic mass is 10.1. The van der Waals surface area contributed by atoms with Crippen LogP contribution in [0.1, 0.15) is 25.5 Å². The summed E-state index contributed by atoms with van der Waals surface area (Å²) in [6.45, 7) is 7.31. The SMILES string of the molecule is CCN(CC)C(CNc1cc(N)ns1)c1ccccc1. The third-order valence-corrected chi connectivity index (χ3v) is 4.20. The molecule has 1 aromatic heterocycles. The summed E-state index contributed by atoms with van der Waals surface area (Å²) in [6, 6.07) is 12.9. The average Bonchev–Trinajstić information content (AvgIpc) is 2.90. The van der Waals surface area contributed by atoms with Crippen molar-refractivity contribution in [3.05, 3.63) is 42.0 Å². The molecule has 1 aromatic carbocycles. The van der Waals surface area contributed by atoms with Gasteiger partial charge in [-0.3, -0.25) is 4.90 Å². The number of nitrogens with two attached hydrogens (primary N) is 1. The molecule has 3 N–H and O–H groups in total. The molecular formula is C15H22N4S. The Morgan fingerprint density at radius 1 is 1.25 bits per heavy atom. The van der Waals surface area contributed by atoms with E-state index in [1.165, 1.54) is 17.1 Å². The number of rotatable bonds is 7. The minimum absolute atomic E-state index is 0.356. The van der Waals surface area contributed by atoms with Gasteiger partial charge in [-0.15, -0.1) is 0 Å². The van der Waals surface area contributed by atoms with Gasteiger partial charge in [0.25, 0.3) is 0 Å². The summed E-state index contributed by atoms with van der Waals surface area (Å²) < 4.78 is 4.10. The minimum Gasteiger partial charge on any atom is -0.383 e. The summed E-state index contributed by atoms with van der Waals surface area (Å²) in [7, 11) is 0. The monoisotopic (exact) mass is 290 g/mol. The molecule has 20 heavy (non-hydrogen) atoms. The Kier molecular flexibility index (Phi) is 5.38. The minimum atomic E-state index is 0.356. The van der Waals surface area contributed by atoms with Gasteiger partial charge >= 0.3 is 0 Å². The molecule has 0 bridgehead atoms. The van der Waals surface area contributed by atoms with E-state index < -0.39 is 0 Å². The first-order chi connectivity index (χ1) is 9.74. The first-order valence-corrected chi connectivity index (χ1v) is 7.77. The maximum Gasteiger partial charge on any atom is 0.139 e. The van der Waals surface area contributed by atoms with E-state index in [0.717, 1.165) is 24.6 Å². The molecule has 0 saturated heterocycles. The van der Waals surface area contributed by atoms with Crippen molar-refractivity contribution in [2.75, 3.05) is 30.7 Å². The Morgan fingerprint density at radius 3 is 2.50 bits per heavy atom. The van der Waals surface area contributed by atoms with Gasteiger partial charge in [0.05, 0.1) is 6.04 Å². The highest BCUT2D eigenvalue weighted by atomic mass is 32.1. The average molecular weight is 290 g/mol. The van der Waals surface area contributed by atoms with Crippen LogP contribution < -0.4 is 11.1 Å². The Hall–Kier alpha value is -1.59. The first kappa shape index (κ1) is 14.8. The van der Waals surface area contributed by atoms with E-state index in [1.807, 2.05) is 6.07 Å². The normalized spacial score (nSPS) is 12.6. The Bertz CT molecular complexity index is 508. The largest absolute Gasteiger partial charge is 0.383 e. The Morgan fingerprint density at radius 2 is 1.95 bits per heavy atom. The van der Waals surface area contributed by atoms with Crippen LogP contribution in [-0.4, -0.2) is 28.9 Å². The van der Waals surface area contributed by atoms with Gasteiger partial charge in [-0.1, -0.05) is 44.2 Å². The van der Waals surface area contributed by atoms with Gasteiger partial charge in [-0.2, -0.15) is 4.37 Å². The van der Waals surface area contributed by atoms with Crippen molar-refractivity contribution in [3.63, 3.8) is 0 Å². The summed E-state index contributed by atoms with van der Waals surface area (Å²) >= 11 is 1.41. The zero-order valence-electron chi connectivity index (χ0n) is 12.0.